The van der Waals surface area contributed by atoms with Crippen molar-refractivity contribution in [3.63, 3.8) is 0 Å². The number of halogens is 1. The van der Waals surface area contributed by atoms with Crippen molar-refractivity contribution in [2.75, 3.05) is 43.1 Å². The smallest absolute Gasteiger partial charge is 0.325 e. The van der Waals surface area contributed by atoms with Crippen LogP contribution in [0, 0.1) is 5.82 Å². The molecule has 4 amide bonds. The molecule has 0 aliphatic carbocycles. The van der Waals surface area contributed by atoms with E-state index in [1.54, 1.807) is 12.1 Å². The Morgan fingerprint density at radius 1 is 1.19 bits per heavy atom. The SMILES string of the molecule is CC1(c2ccc(F)cc2)NC(=O)N(CC(=O)Nc2ccc(N3CCOCC3)nc2)C1=O. The molecule has 2 aromatic rings. The topological polar surface area (TPSA) is 104 Å². The third-order valence-electron chi connectivity index (χ3n) is 5.36. The van der Waals surface area contributed by atoms with Crippen molar-refractivity contribution in [1.82, 2.24) is 15.2 Å². The standard InChI is InChI=1S/C21H22FN5O4/c1-21(14-2-4-15(22)5-3-14)19(29)27(20(30)25-21)13-18(28)24-16-6-7-17(23-12-16)26-8-10-31-11-9-26/h2-7,12H,8-11,13H2,1H3,(H,24,28)(H,25,30). The largest absolute Gasteiger partial charge is 0.378 e. The number of pyridine rings is 1. The summed E-state index contributed by atoms with van der Waals surface area (Å²) in [6, 6.07) is 8.10. The van der Waals surface area contributed by atoms with Gasteiger partial charge in [0.1, 0.15) is 23.7 Å². The van der Waals surface area contributed by atoms with Crippen molar-refractivity contribution in [1.29, 1.82) is 0 Å². The average Bonchev–Trinajstić information content (AvgIpc) is 2.99. The number of anilines is 2. The normalized spacial score (nSPS) is 21.2. The maximum absolute atomic E-state index is 13.2. The molecule has 0 radical (unpaired) electrons. The minimum Gasteiger partial charge on any atom is -0.378 e. The van der Waals surface area contributed by atoms with Crippen LogP contribution in [0.1, 0.15) is 12.5 Å². The number of hydrogen-bond donors (Lipinski definition) is 2. The molecular formula is C21H22FN5O4. The van der Waals surface area contributed by atoms with Crippen LogP contribution in [-0.2, 0) is 19.9 Å². The highest BCUT2D eigenvalue weighted by molar-refractivity contribution is 6.10. The summed E-state index contributed by atoms with van der Waals surface area (Å²) in [6.07, 6.45) is 1.53. The van der Waals surface area contributed by atoms with E-state index in [0.717, 1.165) is 23.8 Å². The van der Waals surface area contributed by atoms with Crippen LogP contribution >= 0.6 is 0 Å². The van der Waals surface area contributed by atoms with Crippen molar-refractivity contribution in [3.05, 3.63) is 54.0 Å². The third kappa shape index (κ3) is 4.19. The number of urea groups is 1. The molecule has 31 heavy (non-hydrogen) atoms. The van der Waals surface area contributed by atoms with Gasteiger partial charge in [-0.3, -0.25) is 14.5 Å². The van der Waals surface area contributed by atoms with Gasteiger partial charge in [0.25, 0.3) is 5.91 Å². The minimum absolute atomic E-state index is 0.429. The van der Waals surface area contributed by atoms with Crippen molar-refractivity contribution < 1.29 is 23.5 Å². The number of benzene rings is 1. The molecule has 3 heterocycles. The van der Waals surface area contributed by atoms with Gasteiger partial charge in [0, 0.05) is 13.1 Å². The van der Waals surface area contributed by atoms with Gasteiger partial charge in [-0.15, -0.1) is 0 Å². The first-order valence-electron chi connectivity index (χ1n) is 9.85. The Morgan fingerprint density at radius 3 is 2.55 bits per heavy atom. The molecule has 1 atom stereocenters. The predicted molar refractivity (Wildman–Crippen MR) is 110 cm³/mol. The van der Waals surface area contributed by atoms with E-state index in [1.165, 1.54) is 37.4 Å². The molecule has 1 unspecified atom stereocenters. The summed E-state index contributed by atoms with van der Waals surface area (Å²) < 4.78 is 18.5. The fraction of sp³-hybridized carbons (Fsp3) is 0.333. The van der Waals surface area contributed by atoms with E-state index in [0.29, 0.717) is 24.5 Å². The molecule has 1 aromatic heterocycles. The number of nitrogens with one attached hydrogen (secondary N) is 2. The van der Waals surface area contributed by atoms with Gasteiger partial charge in [-0.2, -0.15) is 0 Å². The molecule has 9 nitrogen and oxygen atoms in total. The molecular weight excluding hydrogens is 405 g/mol. The van der Waals surface area contributed by atoms with Gasteiger partial charge in [0.05, 0.1) is 25.1 Å². The summed E-state index contributed by atoms with van der Waals surface area (Å²) >= 11 is 0. The summed E-state index contributed by atoms with van der Waals surface area (Å²) in [5.41, 5.74) is -0.486. The van der Waals surface area contributed by atoms with Crippen molar-refractivity contribution in [2.24, 2.45) is 0 Å². The highest BCUT2D eigenvalue weighted by Gasteiger charge is 2.49. The van der Waals surface area contributed by atoms with E-state index < -0.39 is 35.7 Å². The number of morpholine rings is 1. The summed E-state index contributed by atoms with van der Waals surface area (Å²) in [6.45, 7) is 3.85. The molecule has 2 fully saturated rings. The Morgan fingerprint density at radius 2 is 1.90 bits per heavy atom. The van der Waals surface area contributed by atoms with Crippen molar-refractivity contribution in [2.45, 2.75) is 12.5 Å². The van der Waals surface area contributed by atoms with E-state index in [2.05, 4.69) is 20.5 Å². The Hall–Kier alpha value is -3.53. The molecule has 2 aliphatic rings. The first kappa shape index (κ1) is 20.7. The van der Waals surface area contributed by atoms with Crippen LogP contribution in [0.5, 0.6) is 0 Å². The molecule has 1 aromatic carbocycles. The Kier molecular flexibility index (Phi) is 5.55. The maximum atomic E-state index is 13.2. The molecule has 10 heteroatoms. The van der Waals surface area contributed by atoms with E-state index in [4.69, 9.17) is 4.74 Å². The second kappa shape index (κ2) is 8.31. The zero-order chi connectivity index (χ0) is 22.0. The summed E-state index contributed by atoms with van der Waals surface area (Å²) in [5.74, 6) is -0.785. The van der Waals surface area contributed by atoms with Gasteiger partial charge >= 0.3 is 6.03 Å². The van der Waals surface area contributed by atoms with E-state index in [-0.39, 0.29) is 0 Å². The number of nitrogens with zero attached hydrogens (tertiary/aromatic N) is 3. The molecule has 2 aliphatic heterocycles. The molecule has 2 saturated heterocycles. The molecule has 162 valence electrons. The number of hydrogen-bond acceptors (Lipinski definition) is 6. The Balaban J connectivity index is 1.39. The summed E-state index contributed by atoms with van der Waals surface area (Å²) in [4.78, 5) is 45.0. The molecule has 0 bridgehead atoms. The van der Waals surface area contributed by atoms with Gasteiger partial charge < -0.3 is 20.3 Å². The lowest BCUT2D eigenvalue weighted by molar-refractivity contribution is -0.133. The van der Waals surface area contributed by atoms with Crippen molar-refractivity contribution in [3.8, 4) is 0 Å². The van der Waals surface area contributed by atoms with Crippen LogP contribution in [-0.4, -0.2) is 60.6 Å². The zero-order valence-electron chi connectivity index (χ0n) is 16.9. The molecule has 4 rings (SSSR count). The lowest BCUT2D eigenvalue weighted by Gasteiger charge is -2.27. The molecule has 0 spiro atoms. The highest BCUT2D eigenvalue weighted by atomic mass is 19.1. The van der Waals surface area contributed by atoms with Gasteiger partial charge in [-0.1, -0.05) is 12.1 Å². The van der Waals surface area contributed by atoms with Gasteiger partial charge in [-0.05, 0) is 36.8 Å². The lowest BCUT2D eigenvalue weighted by Crippen LogP contribution is -2.42. The first-order valence-corrected chi connectivity index (χ1v) is 9.85. The van der Waals surface area contributed by atoms with Gasteiger partial charge in [0.2, 0.25) is 5.91 Å². The fourth-order valence-electron chi connectivity index (χ4n) is 3.60. The van der Waals surface area contributed by atoms with Crippen LogP contribution < -0.4 is 15.5 Å². The van der Waals surface area contributed by atoms with Crippen LogP contribution in [0.2, 0.25) is 0 Å². The Bertz CT molecular complexity index is 992. The van der Waals surface area contributed by atoms with E-state index in [1.807, 2.05) is 0 Å². The monoisotopic (exact) mass is 427 g/mol. The number of rotatable bonds is 5. The van der Waals surface area contributed by atoms with Crippen LogP contribution in [0.4, 0.5) is 20.7 Å². The zero-order valence-corrected chi connectivity index (χ0v) is 16.9. The fourth-order valence-corrected chi connectivity index (χ4v) is 3.60. The number of amides is 4. The van der Waals surface area contributed by atoms with Crippen molar-refractivity contribution >= 4 is 29.4 Å². The quantitative estimate of drug-likeness (QED) is 0.701. The number of carbonyl (C=O) groups is 3. The second-order valence-electron chi connectivity index (χ2n) is 7.51. The second-order valence-corrected chi connectivity index (χ2v) is 7.51. The Labute approximate surface area is 178 Å². The molecule has 2 N–H and O–H groups in total. The first-order chi connectivity index (χ1) is 14.9. The third-order valence-corrected chi connectivity index (χ3v) is 5.36. The summed E-state index contributed by atoms with van der Waals surface area (Å²) in [5, 5.41) is 5.23. The van der Waals surface area contributed by atoms with Gasteiger partial charge in [0.15, 0.2) is 0 Å². The van der Waals surface area contributed by atoms with Crippen LogP contribution in [0.25, 0.3) is 0 Å². The number of aromatic nitrogens is 1. The highest BCUT2D eigenvalue weighted by Crippen LogP contribution is 2.29. The van der Waals surface area contributed by atoms with Crippen LogP contribution in [0.15, 0.2) is 42.6 Å². The number of ether oxygens (including phenoxy) is 1. The van der Waals surface area contributed by atoms with Gasteiger partial charge in [-0.25, -0.2) is 14.2 Å². The summed E-state index contributed by atoms with van der Waals surface area (Å²) in [7, 11) is 0. The number of imide groups is 1. The molecule has 0 saturated carbocycles. The predicted octanol–water partition coefficient (Wildman–Crippen LogP) is 1.46. The minimum atomic E-state index is -1.37. The average molecular weight is 427 g/mol. The van der Waals surface area contributed by atoms with E-state index >= 15 is 0 Å². The number of carbonyl (C=O) groups excluding carboxylic acids is 3. The van der Waals surface area contributed by atoms with E-state index in [9.17, 15) is 18.8 Å². The van der Waals surface area contributed by atoms with Crippen LogP contribution in [0.3, 0.4) is 0 Å². The maximum Gasteiger partial charge on any atom is 0.325 e. The lowest BCUT2D eigenvalue weighted by atomic mass is 9.92.